The van der Waals surface area contributed by atoms with Crippen LogP contribution >= 0.6 is 0 Å². The van der Waals surface area contributed by atoms with Gasteiger partial charge in [-0.15, -0.1) is 0 Å². The molecule has 0 bridgehead atoms. The molecule has 176 valence electrons. The molecule has 0 radical (unpaired) electrons. The zero-order valence-corrected chi connectivity index (χ0v) is 20.6. The summed E-state index contributed by atoms with van der Waals surface area (Å²) < 4.78 is 0. The Morgan fingerprint density at radius 1 is 0.395 bits per heavy atom. The fourth-order valence-electron chi connectivity index (χ4n) is 5.90. The van der Waals surface area contributed by atoms with E-state index in [0.29, 0.717) is 0 Å². The van der Waals surface area contributed by atoms with Gasteiger partial charge in [-0.1, -0.05) is 91.0 Å². The van der Waals surface area contributed by atoms with Crippen LogP contribution in [0.25, 0.3) is 76.7 Å². The number of hydrogen-bond acceptors (Lipinski definition) is 2. The predicted molar refractivity (Wildman–Crippen MR) is 160 cm³/mol. The summed E-state index contributed by atoms with van der Waals surface area (Å²) >= 11 is 0. The van der Waals surface area contributed by atoms with E-state index in [4.69, 9.17) is 0 Å². The number of benzene rings is 6. The smallest absolute Gasteiger partial charge is 0.0708 e. The summed E-state index contributed by atoms with van der Waals surface area (Å²) in [7, 11) is 0. The third kappa shape index (κ3) is 3.21. The van der Waals surface area contributed by atoms with E-state index in [1.165, 1.54) is 60.1 Å². The first kappa shape index (κ1) is 21.0. The highest BCUT2D eigenvalue weighted by atomic mass is 14.7. The Bertz CT molecular complexity index is 2110. The number of hydrogen-bond donors (Lipinski definition) is 0. The molecule has 0 N–H and O–H groups in total. The first-order valence-corrected chi connectivity index (χ1v) is 12.9. The van der Waals surface area contributed by atoms with Crippen molar-refractivity contribution in [2.24, 2.45) is 0 Å². The number of rotatable bonds is 3. The van der Waals surface area contributed by atoms with Crippen LogP contribution < -0.4 is 0 Å². The normalized spacial score (nSPS) is 11.7. The molecule has 0 aliphatic rings. The van der Waals surface area contributed by atoms with Crippen LogP contribution in [0, 0.1) is 0 Å². The molecule has 8 rings (SSSR count). The number of pyridine rings is 2. The van der Waals surface area contributed by atoms with Crippen molar-refractivity contribution >= 4 is 43.2 Å². The molecule has 2 heterocycles. The van der Waals surface area contributed by atoms with Gasteiger partial charge in [0.05, 0.1) is 11.2 Å². The molecule has 0 saturated carbocycles. The van der Waals surface area contributed by atoms with E-state index >= 15 is 0 Å². The van der Waals surface area contributed by atoms with Crippen molar-refractivity contribution in [3.63, 3.8) is 0 Å². The van der Waals surface area contributed by atoms with Crippen LogP contribution in [0.2, 0.25) is 0 Å². The zero-order valence-electron chi connectivity index (χ0n) is 20.6. The molecule has 38 heavy (non-hydrogen) atoms. The molecular formula is C36H22N2. The monoisotopic (exact) mass is 482 g/mol. The maximum absolute atomic E-state index is 4.64. The van der Waals surface area contributed by atoms with Crippen molar-refractivity contribution in [2.45, 2.75) is 0 Å². The fraction of sp³-hybridized carbons (Fsp3) is 0. The van der Waals surface area contributed by atoms with Gasteiger partial charge in [0, 0.05) is 23.3 Å². The molecule has 0 saturated heterocycles. The largest absolute Gasteiger partial charge is 0.256 e. The van der Waals surface area contributed by atoms with Gasteiger partial charge in [0.25, 0.3) is 0 Å². The summed E-state index contributed by atoms with van der Waals surface area (Å²) in [6.45, 7) is 0. The number of aromatic nitrogens is 2. The quantitative estimate of drug-likeness (QED) is 0.234. The Balaban J connectivity index is 1.29. The van der Waals surface area contributed by atoms with Crippen LogP contribution in [0.1, 0.15) is 0 Å². The van der Waals surface area contributed by atoms with Crippen LogP contribution in [0.15, 0.2) is 134 Å². The molecule has 0 fully saturated rings. The van der Waals surface area contributed by atoms with E-state index in [1.54, 1.807) is 0 Å². The molecule has 2 aromatic heterocycles. The van der Waals surface area contributed by atoms with Crippen LogP contribution in [0.4, 0.5) is 0 Å². The van der Waals surface area contributed by atoms with Gasteiger partial charge in [0.1, 0.15) is 0 Å². The molecule has 0 spiro atoms. The van der Waals surface area contributed by atoms with Crippen molar-refractivity contribution < 1.29 is 0 Å². The lowest BCUT2D eigenvalue weighted by Gasteiger charge is -2.16. The molecule has 0 unspecified atom stereocenters. The molecule has 2 nitrogen and oxygen atoms in total. The molecular weight excluding hydrogens is 460 g/mol. The standard InChI is InChI=1S/C36H22N2/c1-2-20-38-34(5-1)30-16-11-26-12-17-31-29(15-10-25-13-18-32(30)36(26)35(25)31)24-8-6-23(7-9-24)27-14-19-33-28(22-27)4-3-21-37-33/h1-22H. The third-order valence-corrected chi connectivity index (χ3v) is 7.74. The lowest BCUT2D eigenvalue weighted by atomic mass is 9.87. The third-order valence-electron chi connectivity index (χ3n) is 7.74. The Morgan fingerprint density at radius 3 is 1.82 bits per heavy atom. The average molecular weight is 483 g/mol. The minimum Gasteiger partial charge on any atom is -0.256 e. The highest BCUT2D eigenvalue weighted by Crippen LogP contribution is 2.42. The van der Waals surface area contributed by atoms with Crippen LogP contribution in [0.3, 0.4) is 0 Å². The summed E-state index contributed by atoms with van der Waals surface area (Å²) in [5, 5.41) is 8.84. The second-order valence-electron chi connectivity index (χ2n) is 9.85. The highest BCUT2D eigenvalue weighted by molar-refractivity contribution is 6.27. The molecule has 0 atom stereocenters. The SMILES string of the molecule is c1ccc(-c2ccc3ccc4c(-c5ccc(-c6ccc7ncccc7c6)cc5)ccc5ccc2c3c54)nc1. The predicted octanol–water partition coefficient (Wildman–Crippen LogP) is 9.53. The van der Waals surface area contributed by atoms with Crippen LogP contribution in [-0.4, -0.2) is 9.97 Å². The summed E-state index contributed by atoms with van der Waals surface area (Å²) in [5.41, 5.74) is 8.08. The highest BCUT2D eigenvalue weighted by Gasteiger charge is 2.15. The van der Waals surface area contributed by atoms with Gasteiger partial charge in [0.2, 0.25) is 0 Å². The lowest BCUT2D eigenvalue weighted by Crippen LogP contribution is -1.90. The Morgan fingerprint density at radius 2 is 1.05 bits per heavy atom. The Kier molecular flexibility index (Phi) is 4.55. The van der Waals surface area contributed by atoms with Gasteiger partial charge in [-0.05, 0) is 84.9 Å². The summed E-state index contributed by atoms with van der Waals surface area (Å²) in [4.78, 5) is 9.10. The van der Waals surface area contributed by atoms with Crippen molar-refractivity contribution in [1.29, 1.82) is 0 Å². The van der Waals surface area contributed by atoms with Crippen molar-refractivity contribution in [2.75, 3.05) is 0 Å². The summed E-state index contributed by atoms with van der Waals surface area (Å²) in [5.74, 6) is 0. The maximum Gasteiger partial charge on any atom is 0.0708 e. The van der Waals surface area contributed by atoms with E-state index in [-0.39, 0.29) is 0 Å². The Labute approximate surface area is 220 Å². The molecule has 0 aliphatic carbocycles. The fourth-order valence-corrected chi connectivity index (χ4v) is 5.90. The molecule has 6 aromatic carbocycles. The van der Waals surface area contributed by atoms with E-state index in [9.17, 15) is 0 Å². The molecule has 0 amide bonds. The van der Waals surface area contributed by atoms with E-state index in [1.807, 2.05) is 24.5 Å². The minimum absolute atomic E-state index is 1.01. The van der Waals surface area contributed by atoms with Gasteiger partial charge < -0.3 is 0 Å². The number of fused-ring (bicyclic) bond motifs is 1. The maximum atomic E-state index is 4.64. The minimum atomic E-state index is 1.01. The van der Waals surface area contributed by atoms with Crippen molar-refractivity contribution in [1.82, 2.24) is 9.97 Å². The second-order valence-corrected chi connectivity index (χ2v) is 9.85. The van der Waals surface area contributed by atoms with Crippen molar-refractivity contribution in [3.8, 4) is 33.5 Å². The van der Waals surface area contributed by atoms with E-state index in [0.717, 1.165) is 16.6 Å². The topological polar surface area (TPSA) is 25.8 Å². The van der Waals surface area contributed by atoms with E-state index in [2.05, 4.69) is 119 Å². The van der Waals surface area contributed by atoms with Gasteiger partial charge in [-0.3, -0.25) is 9.97 Å². The summed E-state index contributed by atoms with van der Waals surface area (Å²) in [6, 6.07) is 43.6. The first-order chi connectivity index (χ1) is 18.8. The van der Waals surface area contributed by atoms with Gasteiger partial charge in [-0.2, -0.15) is 0 Å². The summed E-state index contributed by atoms with van der Waals surface area (Å²) in [6.07, 6.45) is 3.71. The number of nitrogens with zero attached hydrogens (tertiary/aromatic N) is 2. The molecule has 2 heteroatoms. The van der Waals surface area contributed by atoms with Crippen molar-refractivity contribution in [3.05, 3.63) is 134 Å². The van der Waals surface area contributed by atoms with Gasteiger partial charge in [0.15, 0.2) is 0 Å². The van der Waals surface area contributed by atoms with E-state index < -0.39 is 0 Å². The molecule has 0 aliphatic heterocycles. The first-order valence-electron chi connectivity index (χ1n) is 12.9. The molecule has 8 aromatic rings. The zero-order chi connectivity index (χ0) is 25.1. The van der Waals surface area contributed by atoms with Crippen LogP contribution in [-0.2, 0) is 0 Å². The van der Waals surface area contributed by atoms with Crippen LogP contribution in [0.5, 0.6) is 0 Å². The van der Waals surface area contributed by atoms with Gasteiger partial charge >= 0.3 is 0 Å². The van der Waals surface area contributed by atoms with Gasteiger partial charge in [-0.25, -0.2) is 0 Å². The second kappa shape index (κ2) is 8.22. The Hall–Kier alpha value is -5.08. The lowest BCUT2D eigenvalue weighted by molar-refractivity contribution is 1.33. The average Bonchev–Trinajstić information content (AvgIpc) is 3.00.